The molecule has 6 heteroatoms. The molecule has 0 bridgehead atoms. The number of carboxylic acids is 1. The van der Waals surface area contributed by atoms with E-state index < -0.39 is 16.0 Å². The number of hydrogen-bond donors (Lipinski definition) is 1. The van der Waals surface area contributed by atoms with Gasteiger partial charge in [-0.3, -0.25) is 0 Å². The van der Waals surface area contributed by atoms with Crippen molar-refractivity contribution in [1.82, 2.24) is 4.31 Å². The highest BCUT2D eigenvalue weighted by molar-refractivity contribution is 7.89. The number of sulfonamides is 1. The normalized spacial score (nSPS) is 15.3. The van der Waals surface area contributed by atoms with Crippen molar-refractivity contribution in [3.63, 3.8) is 0 Å². The van der Waals surface area contributed by atoms with Crippen LogP contribution in [0.4, 0.5) is 0 Å². The lowest BCUT2D eigenvalue weighted by Crippen LogP contribution is -2.33. The average Bonchev–Trinajstić information content (AvgIpc) is 3.19. The third-order valence-electron chi connectivity index (χ3n) is 3.28. The van der Waals surface area contributed by atoms with Crippen molar-refractivity contribution in [2.45, 2.75) is 30.7 Å². The molecule has 1 N–H and O–H groups in total. The Hall–Kier alpha value is -1.66. The summed E-state index contributed by atoms with van der Waals surface area (Å²) >= 11 is 0. The predicted octanol–water partition coefficient (Wildman–Crippen LogP) is 2.03. The van der Waals surface area contributed by atoms with Gasteiger partial charge in [0.05, 0.1) is 10.5 Å². The molecule has 5 nitrogen and oxygen atoms in total. The third kappa shape index (κ3) is 2.76. The van der Waals surface area contributed by atoms with Crippen LogP contribution in [0.2, 0.25) is 0 Å². The molecule has 20 heavy (non-hydrogen) atoms. The molecule has 0 heterocycles. The van der Waals surface area contributed by atoms with Crippen molar-refractivity contribution in [2.24, 2.45) is 0 Å². The molecule has 0 aliphatic heterocycles. The first-order chi connectivity index (χ1) is 9.37. The molecule has 0 radical (unpaired) electrons. The molecule has 1 aromatic rings. The fourth-order valence-corrected chi connectivity index (χ4v) is 3.98. The highest BCUT2D eigenvalue weighted by atomic mass is 32.2. The maximum atomic E-state index is 12.7. The smallest absolute Gasteiger partial charge is 0.335 e. The predicted molar refractivity (Wildman–Crippen MR) is 75.2 cm³/mol. The molecule has 1 aliphatic carbocycles. The van der Waals surface area contributed by atoms with Gasteiger partial charge in [-0.25, -0.2) is 13.2 Å². The number of aromatic carboxylic acids is 1. The van der Waals surface area contributed by atoms with Crippen LogP contribution in [0.5, 0.6) is 0 Å². The van der Waals surface area contributed by atoms with Gasteiger partial charge >= 0.3 is 5.97 Å². The van der Waals surface area contributed by atoms with Crippen LogP contribution in [0, 0.1) is 6.92 Å². The molecular formula is C14H17NO4S. The zero-order valence-electron chi connectivity index (χ0n) is 11.2. The van der Waals surface area contributed by atoms with Gasteiger partial charge in [0.1, 0.15) is 0 Å². The third-order valence-corrected chi connectivity index (χ3v) is 5.35. The van der Waals surface area contributed by atoms with E-state index in [-0.39, 0.29) is 23.0 Å². The Kier molecular flexibility index (Phi) is 3.96. The van der Waals surface area contributed by atoms with E-state index in [1.54, 1.807) is 13.0 Å². The fraction of sp³-hybridized carbons (Fsp3) is 0.357. The van der Waals surface area contributed by atoms with Gasteiger partial charge in [-0.15, -0.1) is 6.58 Å². The molecule has 1 saturated carbocycles. The van der Waals surface area contributed by atoms with Crippen molar-refractivity contribution in [2.75, 3.05) is 6.54 Å². The molecule has 0 spiro atoms. The Morgan fingerprint density at radius 2 is 2.15 bits per heavy atom. The van der Waals surface area contributed by atoms with Crippen molar-refractivity contribution >= 4 is 16.0 Å². The van der Waals surface area contributed by atoms with Gasteiger partial charge in [0.2, 0.25) is 10.0 Å². The topological polar surface area (TPSA) is 74.7 Å². The number of carboxylic acid groups (broad SMARTS) is 1. The zero-order chi connectivity index (χ0) is 14.9. The summed E-state index contributed by atoms with van der Waals surface area (Å²) in [6, 6.07) is 4.16. The minimum atomic E-state index is -3.69. The van der Waals surface area contributed by atoms with E-state index in [9.17, 15) is 13.2 Å². The first-order valence-electron chi connectivity index (χ1n) is 6.34. The summed E-state index contributed by atoms with van der Waals surface area (Å²) in [5.74, 6) is -1.14. The first kappa shape index (κ1) is 14.7. The van der Waals surface area contributed by atoms with Crippen LogP contribution < -0.4 is 0 Å². The van der Waals surface area contributed by atoms with E-state index >= 15 is 0 Å². The van der Waals surface area contributed by atoms with Crippen LogP contribution in [0.3, 0.4) is 0 Å². The SMILES string of the molecule is C=CCN(C1CC1)S(=O)(=O)c1cc(C(=O)O)ccc1C. The van der Waals surface area contributed by atoms with E-state index in [2.05, 4.69) is 6.58 Å². The second-order valence-electron chi connectivity index (χ2n) is 4.88. The molecule has 2 rings (SSSR count). The Bertz CT molecular complexity index is 647. The summed E-state index contributed by atoms with van der Waals surface area (Å²) < 4.78 is 26.8. The van der Waals surface area contributed by atoms with Gasteiger partial charge in [-0.1, -0.05) is 12.1 Å². The summed E-state index contributed by atoms with van der Waals surface area (Å²) in [6.45, 7) is 5.49. The van der Waals surface area contributed by atoms with E-state index in [1.165, 1.54) is 22.5 Å². The largest absolute Gasteiger partial charge is 0.478 e. The maximum Gasteiger partial charge on any atom is 0.335 e. The molecule has 0 saturated heterocycles. The quantitative estimate of drug-likeness (QED) is 0.815. The molecule has 0 unspecified atom stereocenters. The number of nitrogens with zero attached hydrogens (tertiary/aromatic N) is 1. The van der Waals surface area contributed by atoms with Crippen LogP contribution in [0.25, 0.3) is 0 Å². The second kappa shape index (κ2) is 5.38. The first-order valence-corrected chi connectivity index (χ1v) is 7.78. The van der Waals surface area contributed by atoms with E-state index in [4.69, 9.17) is 5.11 Å². The summed E-state index contributed by atoms with van der Waals surface area (Å²) in [7, 11) is -3.69. The summed E-state index contributed by atoms with van der Waals surface area (Å²) in [6.07, 6.45) is 3.22. The van der Waals surface area contributed by atoms with Crippen LogP contribution >= 0.6 is 0 Å². The molecule has 0 aromatic heterocycles. The minimum Gasteiger partial charge on any atom is -0.478 e. The summed E-state index contributed by atoms with van der Waals surface area (Å²) in [5, 5.41) is 9.00. The lowest BCUT2D eigenvalue weighted by Gasteiger charge is -2.21. The van der Waals surface area contributed by atoms with Crippen LogP contribution in [-0.2, 0) is 10.0 Å². The van der Waals surface area contributed by atoms with Crippen molar-refractivity contribution < 1.29 is 18.3 Å². The molecule has 108 valence electrons. The Labute approximate surface area is 118 Å². The number of benzene rings is 1. The lowest BCUT2D eigenvalue weighted by molar-refractivity contribution is 0.0696. The standard InChI is InChI=1S/C14H17NO4S/c1-3-8-15(12-6-7-12)20(18,19)13-9-11(14(16)17)5-4-10(13)2/h3-5,9,12H,1,6-8H2,2H3,(H,16,17). The van der Waals surface area contributed by atoms with Gasteiger partial charge in [-0.2, -0.15) is 4.31 Å². The van der Waals surface area contributed by atoms with Crippen LogP contribution in [0.1, 0.15) is 28.8 Å². The summed E-state index contributed by atoms with van der Waals surface area (Å²) in [4.78, 5) is 11.1. The minimum absolute atomic E-state index is 0.00545. The second-order valence-corrected chi connectivity index (χ2v) is 6.74. The van der Waals surface area contributed by atoms with Crippen molar-refractivity contribution in [1.29, 1.82) is 0 Å². The Morgan fingerprint density at radius 3 is 2.65 bits per heavy atom. The molecular weight excluding hydrogens is 278 g/mol. The Balaban J connectivity index is 2.49. The van der Waals surface area contributed by atoms with Gasteiger partial charge in [-0.05, 0) is 37.5 Å². The zero-order valence-corrected chi connectivity index (χ0v) is 12.1. The number of hydrogen-bond acceptors (Lipinski definition) is 3. The van der Waals surface area contributed by atoms with Crippen molar-refractivity contribution in [3.05, 3.63) is 42.0 Å². The van der Waals surface area contributed by atoms with E-state index in [1.807, 2.05) is 0 Å². The Morgan fingerprint density at radius 1 is 1.50 bits per heavy atom. The number of aryl methyl sites for hydroxylation is 1. The van der Waals surface area contributed by atoms with E-state index in [0.717, 1.165) is 12.8 Å². The van der Waals surface area contributed by atoms with Crippen LogP contribution in [-0.4, -0.2) is 36.4 Å². The van der Waals surface area contributed by atoms with Gasteiger partial charge in [0.15, 0.2) is 0 Å². The van der Waals surface area contributed by atoms with Gasteiger partial charge in [0, 0.05) is 12.6 Å². The summed E-state index contributed by atoms with van der Waals surface area (Å²) in [5.41, 5.74) is 0.522. The highest BCUT2D eigenvalue weighted by Crippen LogP contribution is 2.33. The molecule has 1 fully saturated rings. The monoisotopic (exact) mass is 295 g/mol. The van der Waals surface area contributed by atoms with Crippen molar-refractivity contribution in [3.8, 4) is 0 Å². The molecule has 1 aromatic carbocycles. The van der Waals surface area contributed by atoms with Gasteiger partial charge in [0.25, 0.3) is 0 Å². The lowest BCUT2D eigenvalue weighted by atomic mass is 10.1. The highest BCUT2D eigenvalue weighted by Gasteiger charge is 2.38. The average molecular weight is 295 g/mol. The molecule has 0 atom stereocenters. The molecule has 0 amide bonds. The number of carbonyl (C=O) groups is 1. The number of rotatable bonds is 6. The van der Waals surface area contributed by atoms with Crippen LogP contribution in [0.15, 0.2) is 35.7 Å². The van der Waals surface area contributed by atoms with Gasteiger partial charge < -0.3 is 5.11 Å². The maximum absolute atomic E-state index is 12.7. The molecule has 1 aliphatic rings. The van der Waals surface area contributed by atoms with E-state index in [0.29, 0.717) is 5.56 Å². The fourth-order valence-electron chi connectivity index (χ4n) is 2.07.